The Kier molecular flexibility index (Phi) is 3.73. The summed E-state index contributed by atoms with van der Waals surface area (Å²) < 4.78 is 5.19. The molecule has 0 bridgehead atoms. The summed E-state index contributed by atoms with van der Waals surface area (Å²) in [5.74, 6) is 1.71. The number of hydrogen-bond donors (Lipinski definition) is 0. The van der Waals surface area contributed by atoms with Crippen LogP contribution in [0.25, 0.3) is 0 Å². The van der Waals surface area contributed by atoms with Gasteiger partial charge in [-0.15, -0.1) is 0 Å². The molecule has 1 saturated heterocycles. The van der Waals surface area contributed by atoms with E-state index in [1.54, 1.807) is 6.92 Å². The molecule has 2 atom stereocenters. The maximum Gasteiger partial charge on any atom is 0.232 e. The molecule has 0 N–H and O–H groups in total. The van der Waals surface area contributed by atoms with Gasteiger partial charge in [0, 0.05) is 19.5 Å². The van der Waals surface area contributed by atoms with Crippen LogP contribution in [0.5, 0.6) is 0 Å². The molecular formula is C16H19N3O2. The molecule has 2 unspecified atom stereocenters. The van der Waals surface area contributed by atoms with Gasteiger partial charge in [-0.3, -0.25) is 4.79 Å². The Hall–Kier alpha value is -2.17. The van der Waals surface area contributed by atoms with Crippen LogP contribution in [0.2, 0.25) is 0 Å². The van der Waals surface area contributed by atoms with Gasteiger partial charge >= 0.3 is 0 Å². The predicted octanol–water partition coefficient (Wildman–Crippen LogP) is 2.50. The highest BCUT2D eigenvalue weighted by Gasteiger charge is 2.34. The Bertz CT molecular complexity index is 623. The topological polar surface area (TPSA) is 59.2 Å². The smallest absolute Gasteiger partial charge is 0.232 e. The van der Waals surface area contributed by atoms with Crippen LogP contribution in [-0.4, -0.2) is 34.0 Å². The SMILES string of the molecule is Cc1noc(C2CC(=O)N(CC(C)c3ccccc3)C2)n1. The van der Waals surface area contributed by atoms with E-state index in [9.17, 15) is 4.79 Å². The van der Waals surface area contributed by atoms with Crippen LogP contribution >= 0.6 is 0 Å². The van der Waals surface area contributed by atoms with Crippen LogP contribution in [0.4, 0.5) is 0 Å². The average molecular weight is 285 g/mol. The van der Waals surface area contributed by atoms with E-state index in [2.05, 4.69) is 29.2 Å². The van der Waals surface area contributed by atoms with Crippen molar-refractivity contribution >= 4 is 5.91 Å². The zero-order chi connectivity index (χ0) is 14.8. The standard InChI is InChI=1S/C16H19N3O2/c1-11(13-6-4-3-5-7-13)9-19-10-14(8-15(19)20)16-17-12(2)18-21-16/h3-7,11,14H,8-10H2,1-2H3. The van der Waals surface area contributed by atoms with Crippen LogP contribution in [0.3, 0.4) is 0 Å². The fourth-order valence-corrected chi connectivity index (χ4v) is 2.81. The molecule has 2 aromatic rings. The van der Waals surface area contributed by atoms with Gasteiger partial charge in [0.15, 0.2) is 5.82 Å². The minimum absolute atomic E-state index is 0.0293. The third kappa shape index (κ3) is 2.96. The molecule has 1 aliphatic rings. The van der Waals surface area contributed by atoms with Gasteiger partial charge in [-0.05, 0) is 18.4 Å². The second-order valence-electron chi connectivity index (χ2n) is 5.69. The maximum atomic E-state index is 12.2. The first kappa shape index (κ1) is 13.8. The van der Waals surface area contributed by atoms with Crippen molar-refractivity contribution in [2.75, 3.05) is 13.1 Å². The predicted molar refractivity (Wildman–Crippen MR) is 77.8 cm³/mol. The molecule has 5 heteroatoms. The highest BCUT2D eigenvalue weighted by molar-refractivity contribution is 5.79. The van der Waals surface area contributed by atoms with E-state index in [1.165, 1.54) is 5.56 Å². The first-order valence-corrected chi connectivity index (χ1v) is 7.26. The van der Waals surface area contributed by atoms with Gasteiger partial charge in [-0.25, -0.2) is 0 Å². The van der Waals surface area contributed by atoms with Gasteiger partial charge in [-0.1, -0.05) is 42.4 Å². The van der Waals surface area contributed by atoms with Crippen LogP contribution in [0, 0.1) is 6.92 Å². The number of carbonyl (C=O) groups is 1. The lowest BCUT2D eigenvalue weighted by Gasteiger charge is -2.21. The molecule has 1 aromatic heterocycles. The quantitative estimate of drug-likeness (QED) is 0.866. The van der Waals surface area contributed by atoms with Gasteiger partial charge in [0.2, 0.25) is 11.8 Å². The number of aromatic nitrogens is 2. The summed E-state index contributed by atoms with van der Waals surface area (Å²) in [6, 6.07) is 10.3. The average Bonchev–Trinajstić information content (AvgIpc) is 3.07. The number of hydrogen-bond acceptors (Lipinski definition) is 4. The summed E-state index contributed by atoms with van der Waals surface area (Å²) >= 11 is 0. The second-order valence-corrected chi connectivity index (χ2v) is 5.69. The van der Waals surface area contributed by atoms with Crippen LogP contribution in [-0.2, 0) is 4.79 Å². The summed E-state index contributed by atoms with van der Waals surface area (Å²) in [5, 5.41) is 3.80. The largest absolute Gasteiger partial charge is 0.341 e. The summed E-state index contributed by atoms with van der Waals surface area (Å²) in [7, 11) is 0. The van der Waals surface area contributed by atoms with Crippen molar-refractivity contribution in [3.8, 4) is 0 Å². The van der Waals surface area contributed by atoms with E-state index >= 15 is 0 Å². The van der Waals surface area contributed by atoms with Crippen molar-refractivity contribution in [2.24, 2.45) is 0 Å². The van der Waals surface area contributed by atoms with Crippen molar-refractivity contribution < 1.29 is 9.32 Å². The minimum Gasteiger partial charge on any atom is -0.341 e. The summed E-state index contributed by atoms with van der Waals surface area (Å²) in [6.07, 6.45) is 0.461. The highest BCUT2D eigenvalue weighted by atomic mass is 16.5. The molecule has 3 rings (SSSR count). The fraction of sp³-hybridized carbons (Fsp3) is 0.438. The lowest BCUT2D eigenvalue weighted by Crippen LogP contribution is -2.29. The van der Waals surface area contributed by atoms with E-state index in [-0.39, 0.29) is 11.8 Å². The van der Waals surface area contributed by atoms with Crippen molar-refractivity contribution in [1.82, 2.24) is 15.0 Å². The Morgan fingerprint density at radius 3 is 2.81 bits per heavy atom. The molecule has 1 amide bonds. The van der Waals surface area contributed by atoms with E-state index in [1.807, 2.05) is 23.1 Å². The molecule has 2 heterocycles. The van der Waals surface area contributed by atoms with E-state index in [0.717, 1.165) is 6.54 Å². The molecule has 0 spiro atoms. The summed E-state index contributed by atoms with van der Waals surface area (Å²) in [6.45, 7) is 5.33. The Balaban J connectivity index is 1.66. The number of likely N-dealkylation sites (tertiary alicyclic amines) is 1. The van der Waals surface area contributed by atoms with E-state index in [4.69, 9.17) is 4.52 Å². The van der Waals surface area contributed by atoms with Gasteiger partial charge in [0.05, 0.1) is 5.92 Å². The zero-order valence-electron chi connectivity index (χ0n) is 12.3. The van der Waals surface area contributed by atoms with Gasteiger partial charge in [0.25, 0.3) is 0 Å². The maximum absolute atomic E-state index is 12.2. The van der Waals surface area contributed by atoms with Crippen molar-refractivity contribution in [3.05, 3.63) is 47.6 Å². The van der Waals surface area contributed by atoms with Crippen LogP contribution in [0.1, 0.15) is 42.5 Å². The molecule has 1 aliphatic heterocycles. The fourth-order valence-electron chi connectivity index (χ4n) is 2.81. The number of aryl methyl sites for hydroxylation is 1. The second kappa shape index (κ2) is 5.68. The molecule has 1 aromatic carbocycles. The molecule has 110 valence electrons. The molecular weight excluding hydrogens is 266 g/mol. The van der Waals surface area contributed by atoms with Gasteiger partial charge < -0.3 is 9.42 Å². The first-order chi connectivity index (χ1) is 10.1. The molecule has 0 aliphatic carbocycles. The van der Waals surface area contributed by atoms with Gasteiger partial charge in [0.1, 0.15) is 0 Å². The third-order valence-electron chi connectivity index (χ3n) is 3.97. The minimum atomic E-state index is 0.0293. The van der Waals surface area contributed by atoms with E-state index < -0.39 is 0 Å². The Morgan fingerprint density at radius 1 is 1.38 bits per heavy atom. The number of carbonyl (C=O) groups excluding carboxylic acids is 1. The number of benzene rings is 1. The van der Waals surface area contributed by atoms with Crippen LogP contribution < -0.4 is 0 Å². The lowest BCUT2D eigenvalue weighted by molar-refractivity contribution is -0.127. The first-order valence-electron chi connectivity index (χ1n) is 7.26. The van der Waals surface area contributed by atoms with E-state index in [0.29, 0.717) is 30.6 Å². The number of amides is 1. The monoisotopic (exact) mass is 285 g/mol. The van der Waals surface area contributed by atoms with Crippen molar-refractivity contribution in [1.29, 1.82) is 0 Å². The normalized spacial score (nSPS) is 20.0. The lowest BCUT2D eigenvalue weighted by atomic mass is 10.0. The molecule has 0 saturated carbocycles. The number of nitrogens with zero attached hydrogens (tertiary/aromatic N) is 3. The summed E-state index contributed by atoms with van der Waals surface area (Å²) in [5.41, 5.74) is 1.25. The zero-order valence-corrected chi connectivity index (χ0v) is 12.3. The Labute approximate surface area is 124 Å². The highest BCUT2D eigenvalue weighted by Crippen LogP contribution is 2.29. The van der Waals surface area contributed by atoms with Crippen molar-refractivity contribution in [3.63, 3.8) is 0 Å². The van der Waals surface area contributed by atoms with Gasteiger partial charge in [-0.2, -0.15) is 4.98 Å². The van der Waals surface area contributed by atoms with Crippen LogP contribution in [0.15, 0.2) is 34.9 Å². The molecule has 1 fully saturated rings. The summed E-state index contributed by atoms with van der Waals surface area (Å²) in [4.78, 5) is 18.3. The molecule has 21 heavy (non-hydrogen) atoms. The van der Waals surface area contributed by atoms with Crippen molar-refractivity contribution in [2.45, 2.75) is 32.1 Å². The Morgan fingerprint density at radius 2 is 2.14 bits per heavy atom. The third-order valence-corrected chi connectivity index (χ3v) is 3.97. The number of rotatable bonds is 4. The molecule has 5 nitrogen and oxygen atoms in total. The molecule has 0 radical (unpaired) electrons.